The average Bonchev–Trinajstić information content (AvgIpc) is 2.11. The van der Waals surface area contributed by atoms with Crippen LogP contribution in [0.5, 0.6) is 0 Å². The highest BCUT2D eigenvalue weighted by Gasteiger charge is 2.54. The molecule has 1 fully saturated rings. The van der Waals surface area contributed by atoms with Crippen LogP contribution in [0.2, 0.25) is 0 Å². The first-order chi connectivity index (χ1) is 7.01. The number of likely N-dealkylation sites (N-methyl/N-ethyl adjacent to an activating group) is 1. The van der Waals surface area contributed by atoms with Gasteiger partial charge in [-0.05, 0) is 17.3 Å². The number of hydrogen-bond donors (Lipinski definition) is 1. The van der Waals surface area contributed by atoms with Gasteiger partial charge in [-0.25, -0.2) is 0 Å². The smallest absolute Gasteiger partial charge is 0.118 e. The molecular formula is C14H30NO+. The van der Waals surface area contributed by atoms with Crippen LogP contribution in [0, 0.1) is 23.2 Å². The first-order valence-corrected chi connectivity index (χ1v) is 6.50. The Labute approximate surface area is 101 Å². The second kappa shape index (κ2) is 3.99. The van der Waals surface area contributed by atoms with Gasteiger partial charge >= 0.3 is 0 Å². The standard InChI is InChI=1S/C14H30NO/c1-9-10(2)12(15(6,7)8)13(16)14(4,5)11(9)3/h9-13,16H,1-8H3/q+1/t9?,10?,11?,12?,13-/m0/s1. The third-order valence-corrected chi connectivity index (χ3v) is 5.31. The van der Waals surface area contributed by atoms with E-state index in [4.69, 9.17) is 0 Å². The van der Waals surface area contributed by atoms with E-state index in [9.17, 15) is 5.11 Å². The fourth-order valence-corrected chi connectivity index (χ4v) is 3.57. The maximum absolute atomic E-state index is 10.7. The van der Waals surface area contributed by atoms with Crippen LogP contribution in [0.3, 0.4) is 0 Å². The van der Waals surface area contributed by atoms with Crippen LogP contribution in [0.15, 0.2) is 0 Å². The molecule has 0 spiro atoms. The predicted octanol–water partition coefficient (Wildman–Crippen LogP) is 2.37. The van der Waals surface area contributed by atoms with Crippen molar-refractivity contribution < 1.29 is 9.59 Å². The number of hydrogen-bond acceptors (Lipinski definition) is 1. The van der Waals surface area contributed by atoms with Gasteiger partial charge in [0, 0.05) is 5.92 Å². The van der Waals surface area contributed by atoms with E-state index in [2.05, 4.69) is 55.8 Å². The Hall–Kier alpha value is -0.0800. The summed E-state index contributed by atoms with van der Waals surface area (Å²) in [6, 6.07) is 0.334. The molecule has 0 heterocycles. The molecule has 0 saturated heterocycles. The maximum Gasteiger partial charge on any atom is 0.118 e. The lowest BCUT2D eigenvalue weighted by atomic mass is 9.57. The van der Waals surface area contributed by atoms with Crippen molar-refractivity contribution in [2.45, 2.75) is 46.8 Å². The summed E-state index contributed by atoms with van der Waals surface area (Å²) in [5.41, 5.74) is 0.0160. The van der Waals surface area contributed by atoms with E-state index in [1.165, 1.54) is 0 Å². The van der Waals surface area contributed by atoms with Crippen molar-refractivity contribution >= 4 is 0 Å². The van der Waals surface area contributed by atoms with Crippen molar-refractivity contribution in [1.82, 2.24) is 0 Å². The lowest BCUT2D eigenvalue weighted by Crippen LogP contribution is -2.65. The summed E-state index contributed by atoms with van der Waals surface area (Å²) in [7, 11) is 6.59. The predicted molar refractivity (Wildman–Crippen MR) is 69.1 cm³/mol. The highest BCUT2D eigenvalue weighted by Crippen LogP contribution is 2.48. The SMILES string of the molecule is CC1C(C)C([N+](C)(C)C)[C@H](O)C(C)(C)C1C. The molecule has 4 unspecified atom stereocenters. The van der Waals surface area contributed by atoms with Crippen molar-refractivity contribution in [2.75, 3.05) is 21.1 Å². The van der Waals surface area contributed by atoms with E-state index in [-0.39, 0.29) is 11.5 Å². The number of rotatable bonds is 1. The molecule has 5 atom stereocenters. The van der Waals surface area contributed by atoms with Gasteiger partial charge in [-0.2, -0.15) is 0 Å². The zero-order chi connectivity index (χ0) is 12.9. The molecule has 0 amide bonds. The minimum atomic E-state index is -0.214. The van der Waals surface area contributed by atoms with Gasteiger partial charge in [-0.1, -0.05) is 34.6 Å². The lowest BCUT2D eigenvalue weighted by molar-refractivity contribution is -0.907. The number of quaternary nitrogens is 1. The molecule has 0 aliphatic heterocycles. The number of nitrogens with zero attached hydrogens (tertiary/aromatic N) is 1. The third kappa shape index (κ3) is 2.02. The summed E-state index contributed by atoms with van der Waals surface area (Å²) in [6.07, 6.45) is -0.214. The molecule has 1 rings (SSSR count). The summed E-state index contributed by atoms with van der Waals surface area (Å²) in [6.45, 7) is 11.4. The van der Waals surface area contributed by atoms with Crippen molar-refractivity contribution in [3.05, 3.63) is 0 Å². The Balaban J connectivity index is 3.12. The Kier molecular flexibility index (Phi) is 3.49. The normalized spacial score (nSPS) is 44.4. The molecule has 0 aromatic carbocycles. The van der Waals surface area contributed by atoms with Crippen molar-refractivity contribution in [3.63, 3.8) is 0 Å². The fraction of sp³-hybridized carbons (Fsp3) is 1.00. The van der Waals surface area contributed by atoms with E-state index >= 15 is 0 Å². The van der Waals surface area contributed by atoms with Crippen molar-refractivity contribution in [3.8, 4) is 0 Å². The van der Waals surface area contributed by atoms with Gasteiger partial charge < -0.3 is 9.59 Å². The summed E-state index contributed by atoms with van der Waals surface area (Å²) < 4.78 is 0.850. The maximum atomic E-state index is 10.7. The van der Waals surface area contributed by atoms with Crippen LogP contribution < -0.4 is 0 Å². The summed E-state index contributed by atoms with van der Waals surface area (Å²) in [5.74, 6) is 1.80. The molecule has 1 aliphatic rings. The van der Waals surface area contributed by atoms with E-state index in [1.807, 2.05) is 0 Å². The molecule has 0 radical (unpaired) electrons. The van der Waals surface area contributed by atoms with Crippen LogP contribution in [0.25, 0.3) is 0 Å². The van der Waals surface area contributed by atoms with E-state index in [1.54, 1.807) is 0 Å². The molecule has 0 aromatic rings. The molecule has 16 heavy (non-hydrogen) atoms. The van der Waals surface area contributed by atoms with Crippen LogP contribution >= 0.6 is 0 Å². The second-order valence-electron chi connectivity index (χ2n) is 7.38. The van der Waals surface area contributed by atoms with Gasteiger partial charge in [0.2, 0.25) is 0 Å². The van der Waals surface area contributed by atoms with E-state index in [0.29, 0.717) is 23.8 Å². The Morgan fingerprint density at radius 1 is 0.938 bits per heavy atom. The van der Waals surface area contributed by atoms with Gasteiger partial charge in [0.05, 0.1) is 21.1 Å². The molecule has 0 bridgehead atoms. The number of aliphatic hydroxyl groups excluding tert-OH is 1. The quantitative estimate of drug-likeness (QED) is 0.683. The number of aliphatic hydroxyl groups is 1. The Morgan fingerprint density at radius 2 is 1.38 bits per heavy atom. The van der Waals surface area contributed by atoms with Gasteiger partial charge in [-0.3, -0.25) is 0 Å². The monoisotopic (exact) mass is 228 g/mol. The molecule has 2 heteroatoms. The minimum absolute atomic E-state index is 0.0160. The average molecular weight is 228 g/mol. The highest BCUT2D eigenvalue weighted by atomic mass is 16.3. The molecule has 0 aromatic heterocycles. The topological polar surface area (TPSA) is 20.2 Å². The third-order valence-electron chi connectivity index (χ3n) is 5.31. The van der Waals surface area contributed by atoms with Gasteiger partial charge in [0.1, 0.15) is 12.1 Å². The summed E-state index contributed by atoms with van der Waals surface area (Å²) >= 11 is 0. The lowest BCUT2D eigenvalue weighted by Gasteiger charge is -2.55. The van der Waals surface area contributed by atoms with Crippen LogP contribution in [0.1, 0.15) is 34.6 Å². The van der Waals surface area contributed by atoms with Gasteiger partial charge in [0.25, 0.3) is 0 Å². The van der Waals surface area contributed by atoms with Crippen LogP contribution in [0.4, 0.5) is 0 Å². The zero-order valence-corrected chi connectivity index (χ0v) is 12.3. The van der Waals surface area contributed by atoms with Crippen LogP contribution in [-0.2, 0) is 0 Å². The summed E-state index contributed by atoms with van der Waals surface area (Å²) in [5, 5.41) is 10.7. The first-order valence-electron chi connectivity index (χ1n) is 6.50. The highest BCUT2D eigenvalue weighted by molar-refractivity contribution is 4.98. The van der Waals surface area contributed by atoms with E-state index < -0.39 is 0 Å². The van der Waals surface area contributed by atoms with Crippen molar-refractivity contribution in [1.29, 1.82) is 0 Å². The molecule has 1 N–H and O–H groups in total. The van der Waals surface area contributed by atoms with Gasteiger partial charge in [0.15, 0.2) is 0 Å². The Morgan fingerprint density at radius 3 is 1.75 bits per heavy atom. The molecular weight excluding hydrogens is 198 g/mol. The minimum Gasteiger partial charge on any atom is -0.386 e. The summed E-state index contributed by atoms with van der Waals surface area (Å²) in [4.78, 5) is 0. The Bertz CT molecular complexity index is 254. The molecule has 96 valence electrons. The second-order valence-corrected chi connectivity index (χ2v) is 7.38. The van der Waals surface area contributed by atoms with Crippen molar-refractivity contribution in [2.24, 2.45) is 23.2 Å². The van der Waals surface area contributed by atoms with Gasteiger partial charge in [-0.15, -0.1) is 0 Å². The zero-order valence-electron chi connectivity index (χ0n) is 12.3. The fourth-order valence-electron chi connectivity index (χ4n) is 3.57. The van der Waals surface area contributed by atoms with E-state index in [0.717, 1.165) is 4.48 Å². The largest absolute Gasteiger partial charge is 0.386 e. The molecule has 1 saturated carbocycles. The molecule has 2 nitrogen and oxygen atoms in total. The first kappa shape index (κ1) is 14.0. The molecule has 1 aliphatic carbocycles. The van der Waals surface area contributed by atoms with Crippen LogP contribution in [-0.4, -0.2) is 42.9 Å².